The molecule has 1 saturated heterocycles. The van der Waals surface area contributed by atoms with E-state index in [9.17, 15) is 13.2 Å². The van der Waals surface area contributed by atoms with Crippen molar-refractivity contribution in [1.82, 2.24) is 10.3 Å². The number of para-hydroxylation sites is 1. The van der Waals surface area contributed by atoms with Crippen LogP contribution in [0.2, 0.25) is 5.02 Å². The van der Waals surface area contributed by atoms with Gasteiger partial charge in [-0.05, 0) is 42.5 Å². The highest BCUT2D eigenvalue weighted by atomic mass is 35.5. The highest BCUT2D eigenvalue weighted by Gasteiger charge is 2.32. The van der Waals surface area contributed by atoms with Gasteiger partial charge >= 0.3 is 6.18 Å². The first-order valence-electron chi connectivity index (χ1n) is 10.2. The molecule has 3 aromatic rings. The fraction of sp³-hybridized carbons (Fsp3) is 0.217. The lowest BCUT2D eigenvalue weighted by Crippen LogP contribution is -2.43. The number of aliphatic imine (C=N–C) groups is 1. The first-order chi connectivity index (χ1) is 15.8. The quantitative estimate of drug-likeness (QED) is 0.469. The van der Waals surface area contributed by atoms with Crippen LogP contribution in [0, 0.1) is 0 Å². The summed E-state index contributed by atoms with van der Waals surface area (Å²) in [7, 11) is 0. The Morgan fingerprint density at radius 2 is 1.88 bits per heavy atom. The minimum atomic E-state index is -4.66. The summed E-state index contributed by atoms with van der Waals surface area (Å²) in [6.45, 7) is 3.62. The normalized spacial score (nSPS) is 15.7. The second kappa shape index (κ2) is 9.94. The predicted molar refractivity (Wildman–Crippen MR) is 129 cm³/mol. The number of rotatable bonds is 5. The van der Waals surface area contributed by atoms with Gasteiger partial charge in [-0.2, -0.15) is 13.2 Å². The van der Waals surface area contributed by atoms with Crippen molar-refractivity contribution in [3.63, 3.8) is 0 Å². The number of alkyl halides is 3. The molecular weight excluding hydrogens is 471 g/mol. The summed E-state index contributed by atoms with van der Waals surface area (Å²) >= 11 is 7.48. The number of hydrogen-bond acceptors (Lipinski definition) is 6. The smallest absolute Gasteiger partial charge is 0.395 e. The van der Waals surface area contributed by atoms with Gasteiger partial charge in [0.2, 0.25) is 0 Å². The summed E-state index contributed by atoms with van der Waals surface area (Å²) in [6, 6.07) is 14.2. The number of pyridine rings is 1. The van der Waals surface area contributed by atoms with E-state index in [0.717, 1.165) is 48.5 Å². The number of allylic oxidation sites excluding steroid dienone is 2. The van der Waals surface area contributed by atoms with E-state index in [-0.39, 0.29) is 5.71 Å². The molecule has 3 N–H and O–H groups in total. The van der Waals surface area contributed by atoms with Crippen LogP contribution < -0.4 is 16.0 Å². The molecule has 3 heterocycles. The molecule has 0 unspecified atom stereocenters. The Bertz CT molecular complexity index is 1170. The van der Waals surface area contributed by atoms with Crippen LogP contribution in [0.5, 0.6) is 0 Å². The number of nitrogens with two attached hydrogens (primary N) is 1. The number of aromatic nitrogens is 1. The first kappa shape index (κ1) is 23.3. The number of hydrogen-bond donors (Lipinski definition) is 2. The summed E-state index contributed by atoms with van der Waals surface area (Å²) < 4.78 is 39.4. The maximum absolute atomic E-state index is 13.1. The maximum atomic E-state index is 13.1. The van der Waals surface area contributed by atoms with Crippen LogP contribution in [-0.2, 0) is 0 Å². The van der Waals surface area contributed by atoms with E-state index < -0.39 is 11.9 Å². The van der Waals surface area contributed by atoms with Gasteiger partial charge in [0.05, 0.1) is 21.3 Å². The van der Waals surface area contributed by atoms with Crippen molar-refractivity contribution in [1.29, 1.82) is 0 Å². The van der Waals surface area contributed by atoms with Crippen molar-refractivity contribution in [2.24, 2.45) is 10.7 Å². The lowest BCUT2D eigenvalue weighted by atomic mass is 10.2. The highest BCUT2D eigenvalue weighted by molar-refractivity contribution is 7.17. The van der Waals surface area contributed by atoms with Crippen molar-refractivity contribution in [2.45, 2.75) is 6.18 Å². The number of piperazine rings is 1. The number of anilines is 1. The van der Waals surface area contributed by atoms with E-state index in [0.29, 0.717) is 15.6 Å². The molecule has 10 heteroatoms. The summed E-state index contributed by atoms with van der Waals surface area (Å²) in [5.41, 5.74) is 5.37. The molecule has 1 aromatic carbocycles. The lowest BCUT2D eigenvalue weighted by Gasteiger charge is -2.28. The Kier molecular flexibility index (Phi) is 7.02. The van der Waals surface area contributed by atoms with Crippen LogP contribution in [0.3, 0.4) is 0 Å². The van der Waals surface area contributed by atoms with E-state index in [2.05, 4.69) is 20.2 Å². The van der Waals surface area contributed by atoms with Gasteiger partial charge in [0, 0.05) is 42.8 Å². The fourth-order valence-corrected chi connectivity index (χ4v) is 4.44. The van der Waals surface area contributed by atoms with Gasteiger partial charge in [-0.3, -0.25) is 0 Å². The van der Waals surface area contributed by atoms with Crippen LogP contribution in [0.15, 0.2) is 71.5 Å². The van der Waals surface area contributed by atoms with Gasteiger partial charge in [-0.15, -0.1) is 11.3 Å². The van der Waals surface area contributed by atoms with Gasteiger partial charge < -0.3 is 16.0 Å². The molecular formula is C23H21ClF3N5S. The van der Waals surface area contributed by atoms with E-state index in [1.54, 1.807) is 36.5 Å². The second-order valence-electron chi connectivity index (χ2n) is 7.35. The van der Waals surface area contributed by atoms with Gasteiger partial charge in [-0.25, -0.2) is 9.98 Å². The lowest BCUT2D eigenvalue weighted by molar-refractivity contribution is -0.0925. The van der Waals surface area contributed by atoms with Gasteiger partial charge in [0.15, 0.2) is 0 Å². The standard InChI is InChI=1S/C23H21ClF3N5S/c24-16-3-1-2-4-17(16)31-18(13-21(28)23(25,26)27)20-7-6-19(33-20)15-5-8-22(30-14-15)32-11-9-29-10-12-32/h1-8,13-14,29H,9-12,28H2/b21-13-,31-18?. The number of halogens is 4. The Hall–Kier alpha value is -2.88. The third-order valence-corrected chi connectivity index (χ3v) is 6.52. The average Bonchev–Trinajstić information content (AvgIpc) is 3.30. The monoisotopic (exact) mass is 491 g/mol. The third kappa shape index (κ3) is 5.73. The summed E-state index contributed by atoms with van der Waals surface area (Å²) in [5.74, 6) is 0.902. The van der Waals surface area contributed by atoms with Crippen molar-refractivity contribution < 1.29 is 13.2 Å². The number of thiophene rings is 1. The zero-order chi connectivity index (χ0) is 23.4. The molecule has 1 aliphatic heterocycles. The van der Waals surface area contributed by atoms with Crippen molar-refractivity contribution >= 4 is 40.2 Å². The molecule has 0 amide bonds. The molecule has 0 saturated carbocycles. The van der Waals surface area contributed by atoms with Gasteiger partial charge in [-0.1, -0.05) is 23.7 Å². The molecule has 5 nitrogen and oxygen atoms in total. The molecule has 2 aromatic heterocycles. The summed E-state index contributed by atoms with van der Waals surface area (Å²) in [5, 5.41) is 3.64. The zero-order valence-electron chi connectivity index (χ0n) is 17.4. The van der Waals surface area contributed by atoms with Crippen molar-refractivity contribution in [3.8, 4) is 10.4 Å². The van der Waals surface area contributed by atoms with Crippen LogP contribution in [0.4, 0.5) is 24.7 Å². The Morgan fingerprint density at radius 1 is 1.12 bits per heavy atom. The highest BCUT2D eigenvalue weighted by Crippen LogP contribution is 2.32. The van der Waals surface area contributed by atoms with E-state index >= 15 is 0 Å². The first-order valence-corrected chi connectivity index (χ1v) is 11.4. The number of benzene rings is 1. The Labute approximate surface area is 198 Å². The minimum absolute atomic E-state index is 0.0829. The van der Waals surface area contributed by atoms with E-state index in [1.807, 2.05) is 18.2 Å². The van der Waals surface area contributed by atoms with Crippen LogP contribution in [0.25, 0.3) is 10.4 Å². The van der Waals surface area contributed by atoms with E-state index in [1.165, 1.54) is 11.3 Å². The number of nitrogens with one attached hydrogen (secondary N) is 1. The third-order valence-electron chi connectivity index (χ3n) is 5.04. The van der Waals surface area contributed by atoms with Gasteiger partial charge in [0.1, 0.15) is 11.5 Å². The molecule has 0 bridgehead atoms. The molecule has 172 valence electrons. The van der Waals surface area contributed by atoms with Crippen LogP contribution in [0.1, 0.15) is 4.88 Å². The van der Waals surface area contributed by atoms with Gasteiger partial charge in [0.25, 0.3) is 0 Å². The van der Waals surface area contributed by atoms with Crippen LogP contribution in [-0.4, -0.2) is 43.1 Å². The molecule has 0 spiro atoms. The second-order valence-corrected chi connectivity index (χ2v) is 8.84. The van der Waals surface area contributed by atoms with Crippen LogP contribution >= 0.6 is 22.9 Å². The Morgan fingerprint density at radius 3 is 2.55 bits per heavy atom. The topological polar surface area (TPSA) is 66.5 Å². The molecule has 0 radical (unpaired) electrons. The SMILES string of the molecule is N/C(=C\C(=Nc1ccccc1Cl)c1ccc(-c2ccc(N3CCNCC3)nc2)s1)C(F)(F)F. The molecule has 0 atom stereocenters. The molecule has 0 aliphatic carbocycles. The maximum Gasteiger partial charge on any atom is 0.430 e. The van der Waals surface area contributed by atoms with Crippen molar-refractivity contribution in [2.75, 3.05) is 31.1 Å². The minimum Gasteiger partial charge on any atom is -0.395 e. The largest absolute Gasteiger partial charge is 0.430 e. The summed E-state index contributed by atoms with van der Waals surface area (Å²) in [6.07, 6.45) is -2.05. The average molecular weight is 492 g/mol. The molecule has 1 aliphatic rings. The van der Waals surface area contributed by atoms with Crippen molar-refractivity contribution in [3.05, 3.63) is 76.4 Å². The van der Waals surface area contributed by atoms with E-state index in [4.69, 9.17) is 17.3 Å². The fourth-order valence-electron chi connectivity index (χ4n) is 3.30. The Balaban J connectivity index is 1.66. The molecule has 1 fully saturated rings. The predicted octanol–water partition coefficient (Wildman–Crippen LogP) is 5.40. The summed E-state index contributed by atoms with van der Waals surface area (Å²) in [4.78, 5) is 12.5. The molecule has 33 heavy (non-hydrogen) atoms. The number of nitrogens with zero attached hydrogens (tertiary/aromatic N) is 3. The molecule has 4 rings (SSSR count). The zero-order valence-corrected chi connectivity index (χ0v) is 19.0.